The van der Waals surface area contributed by atoms with Crippen LogP contribution in [0.1, 0.15) is 77.6 Å². The summed E-state index contributed by atoms with van der Waals surface area (Å²) >= 11 is 0. The molecule has 0 saturated heterocycles. The second-order valence-corrected chi connectivity index (χ2v) is 8.76. The van der Waals surface area contributed by atoms with Crippen LogP contribution in [0.25, 0.3) is 0 Å². The Hall–Kier alpha value is -1.11. The molecule has 0 N–H and O–H groups in total. The van der Waals surface area contributed by atoms with E-state index in [0.717, 1.165) is 43.4 Å². The minimum Gasteiger partial charge on any atom is -0.462 e. The van der Waals surface area contributed by atoms with Crippen LogP contribution >= 0.6 is 0 Å². The van der Waals surface area contributed by atoms with E-state index >= 15 is 0 Å². The van der Waals surface area contributed by atoms with E-state index in [-0.39, 0.29) is 24.4 Å². The third-order valence-corrected chi connectivity index (χ3v) is 7.01. The minimum absolute atomic E-state index is 0.00511. The number of hydrogen-bond donors (Lipinski definition) is 0. The maximum Gasteiger partial charge on any atom is 0.309 e. The molecular formula is C21H32FNO2. The molecule has 0 spiro atoms. The summed E-state index contributed by atoms with van der Waals surface area (Å²) in [5.41, 5.74) is 0. The Kier molecular flexibility index (Phi) is 6.36. The number of alkyl halides is 1. The Bertz CT molecular complexity index is 487. The highest BCUT2D eigenvalue weighted by molar-refractivity contribution is 5.72. The van der Waals surface area contributed by atoms with Gasteiger partial charge in [0.1, 0.15) is 12.3 Å². The Morgan fingerprint density at radius 2 is 1.56 bits per heavy atom. The van der Waals surface area contributed by atoms with Gasteiger partial charge in [-0.1, -0.05) is 19.8 Å². The van der Waals surface area contributed by atoms with Gasteiger partial charge in [0.05, 0.1) is 17.9 Å². The zero-order valence-electron chi connectivity index (χ0n) is 15.5. The Labute approximate surface area is 151 Å². The van der Waals surface area contributed by atoms with Crippen molar-refractivity contribution in [2.45, 2.75) is 89.8 Å². The first kappa shape index (κ1) is 18.7. The van der Waals surface area contributed by atoms with Crippen molar-refractivity contribution in [1.82, 2.24) is 0 Å². The molecule has 3 aliphatic rings. The highest BCUT2D eigenvalue weighted by Crippen LogP contribution is 2.41. The fourth-order valence-corrected chi connectivity index (χ4v) is 5.18. The Balaban J connectivity index is 1.41. The van der Waals surface area contributed by atoms with Crippen LogP contribution in [-0.2, 0) is 9.53 Å². The number of carbonyl (C=O) groups is 1. The molecule has 3 nitrogen and oxygen atoms in total. The molecule has 0 amide bonds. The number of nitriles is 1. The third kappa shape index (κ3) is 4.74. The van der Waals surface area contributed by atoms with Crippen LogP contribution < -0.4 is 0 Å². The molecule has 0 aromatic rings. The van der Waals surface area contributed by atoms with Crippen molar-refractivity contribution in [2.24, 2.45) is 29.6 Å². The summed E-state index contributed by atoms with van der Waals surface area (Å²) in [5.74, 6) is 1.90. The molecule has 0 radical (unpaired) electrons. The predicted octanol–water partition coefficient (Wildman–Crippen LogP) is 5.19. The van der Waals surface area contributed by atoms with Crippen molar-refractivity contribution in [3.63, 3.8) is 0 Å². The quantitative estimate of drug-likeness (QED) is 0.659. The van der Waals surface area contributed by atoms with Crippen molar-refractivity contribution in [3.05, 3.63) is 0 Å². The van der Waals surface area contributed by atoms with Gasteiger partial charge in [-0.05, 0) is 69.1 Å². The number of ether oxygens (including phenoxy) is 1. The van der Waals surface area contributed by atoms with E-state index in [0.29, 0.717) is 12.8 Å². The maximum atomic E-state index is 13.9. The molecule has 3 rings (SSSR count). The SMILES string of the molecule is CC1CCC(C2CCC(C(=O)OC3CCC(C#N)C(F)C3)CC2)CC1. The first-order valence-electron chi connectivity index (χ1n) is 10.3. The second kappa shape index (κ2) is 8.52. The number of esters is 1. The van der Waals surface area contributed by atoms with Gasteiger partial charge in [-0.15, -0.1) is 0 Å². The number of carbonyl (C=O) groups excluding carboxylic acids is 1. The first-order chi connectivity index (χ1) is 12.1. The number of halogens is 1. The fraction of sp³-hybridized carbons (Fsp3) is 0.905. The van der Waals surface area contributed by atoms with Gasteiger partial charge in [0.2, 0.25) is 0 Å². The number of rotatable bonds is 3. The molecule has 0 bridgehead atoms. The number of nitrogens with zero attached hydrogens (tertiary/aromatic N) is 1. The summed E-state index contributed by atoms with van der Waals surface area (Å²) in [6.45, 7) is 2.36. The molecule has 3 saturated carbocycles. The average Bonchev–Trinajstić information content (AvgIpc) is 2.63. The van der Waals surface area contributed by atoms with Crippen LogP contribution in [0.4, 0.5) is 4.39 Å². The summed E-state index contributed by atoms with van der Waals surface area (Å²) in [5, 5.41) is 8.88. The molecule has 0 aliphatic heterocycles. The molecule has 0 aromatic heterocycles. The van der Waals surface area contributed by atoms with E-state index in [1.807, 2.05) is 6.07 Å². The summed E-state index contributed by atoms with van der Waals surface area (Å²) in [7, 11) is 0. The lowest BCUT2D eigenvalue weighted by atomic mass is 9.69. The van der Waals surface area contributed by atoms with Crippen LogP contribution in [0.3, 0.4) is 0 Å². The van der Waals surface area contributed by atoms with Crippen molar-refractivity contribution in [1.29, 1.82) is 5.26 Å². The zero-order chi connectivity index (χ0) is 17.8. The van der Waals surface area contributed by atoms with E-state index in [9.17, 15) is 9.18 Å². The molecule has 0 heterocycles. The summed E-state index contributed by atoms with van der Waals surface area (Å²) in [6, 6.07) is 2.01. The highest BCUT2D eigenvalue weighted by Gasteiger charge is 2.36. The van der Waals surface area contributed by atoms with Crippen LogP contribution in [-0.4, -0.2) is 18.2 Å². The lowest BCUT2D eigenvalue weighted by Crippen LogP contribution is -2.35. The molecule has 25 heavy (non-hydrogen) atoms. The van der Waals surface area contributed by atoms with E-state index in [2.05, 4.69) is 6.92 Å². The first-order valence-corrected chi connectivity index (χ1v) is 10.3. The molecule has 0 aromatic carbocycles. The topological polar surface area (TPSA) is 50.1 Å². The predicted molar refractivity (Wildman–Crippen MR) is 94.3 cm³/mol. The largest absolute Gasteiger partial charge is 0.462 e. The van der Waals surface area contributed by atoms with Crippen molar-refractivity contribution < 1.29 is 13.9 Å². The van der Waals surface area contributed by atoms with Gasteiger partial charge >= 0.3 is 5.97 Å². The summed E-state index contributed by atoms with van der Waals surface area (Å²) in [4.78, 5) is 12.4. The molecule has 3 atom stereocenters. The monoisotopic (exact) mass is 349 g/mol. The van der Waals surface area contributed by atoms with Gasteiger partial charge in [0.25, 0.3) is 0 Å². The standard InChI is InChI=1S/C21H32FNO2/c1-14-2-4-15(5-3-14)16-6-8-17(9-7-16)21(24)25-19-11-10-18(13-23)20(22)12-19/h14-20H,2-12H2,1H3. The van der Waals surface area contributed by atoms with Crippen LogP contribution in [0.2, 0.25) is 0 Å². The van der Waals surface area contributed by atoms with Gasteiger partial charge in [-0.3, -0.25) is 4.79 Å². The summed E-state index contributed by atoms with van der Waals surface area (Å²) < 4.78 is 19.5. The van der Waals surface area contributed by atoms with Crippen LogP contribution in [0.5, 0.6) is 0 Å². The van der Waals surface area contributed by atoms with Gasteiger partial charge in [0, 0.05) is 6.42 Å². The van der Waals surface area contributed by atoms with E-state index in [1.54, 1.807) is 0 Å². The molecule has 3 unspecified atom stereocenters. The molecule has 140 valence electrons. The van der Waals surface area contributed by atoms with E-state index < -0.39 is 12.1 Å². The average molecular weight is 349 g/mol. The third-order valence-electron chi connectivity index (χ3n) is 7.01. The molecule has 3 aliphatic carbocycles. The highest BCUT2D eigenvalue weighted by atomic mass is 19.1. The van der Waals surface area contributed by atoms with Crippen molar-refractivity contribution in [3.8, 4) is 6.07 Å². The van der Waals surface area contributed by atoms with Crippen molar-refractivity contribution >= 4 is 5.97 Å². The summed E-state index contributed by atoms with van der Waals surface area (Å²) in [6.07, 6.45) is 9.45. The van der Waals surface area contributed by atoms with Gasteiger partial charge in [-0.25, -0.2) is 4.39 Å². The van der Waals surface area contributed by atoms with E-state index in [4.69, 9.17) is 10.00 Å². The van der Waals surface area contributed by atoms with Gasteiger partial charge in [-0.2, -0.15) is 5.26 Å². The smallest absolute Gasteiger partial charge is 0.309 e. The lowest BCUT2D eigenvalue weighted by molar-refractivity contribution is -0.158. The zero-order valence-corrected chi connectivity index (χ0v) is 15.5. The minimum atomic E-state index is -1.15. The van der Waals surface area contributed by atoms with Crippen molar-refractivity contribution in [2.75, 3.05) is 0 Å². The number of hydrogen-bond acceptors (Lipinski definition) is 3. The van der Waals surface area contributed by atoms with Gasteiger partial charge < -0.3 is 4.74 Å². The molecule has 4 heteroatoms. The Morgan fingerprint density at radius 1 is 0.960 bits per heavy atom. The fourth-order valence-electron chi connectivity index (χ4n) is 5.18. The van der Waals surface area contributed by atoms with Crippen LogP contribution in [0.15, 0.2) is 0 Å². The normalized spacial score (nSPS) is 42.4. The molecule has 3 fully saturated rings. The van der Waals surface area contributed by atoms with Gasteiger partial charge in [0.15, 0.2) is 0 Å². The maximum absolute atomic E-state index is 13.9. The Morgan fingerprint density at radius 3 is 2.12 bits per heavy atom. The lowest BCUT2D eigenvalue weighted by Gasteiger charge is -2.37. The van der Waals surface area contributed by atoms with E-state index in [1.165, 1.54) is 25.7 Å². The second-order valence-electron chi connectivity index (χ2n) is 8.76. The van der Waals surface area contributed by atoms with Crippen LogP contribution in [0, 0.1) is 40.9 Å². The molecular weight excluding hydrogens is 317 g/mol.